The number of likely N-dealkylation sites (tertiary alicyclic amines) is 1. The zero-order chi connectivity index (χ0) is 24.2. The van der Waals surface area contributed by atoms with E-state index in [1.54, 1.807) is 26.2 Å². The van der Waals surface area contributed by atoms with E-state index in [2.05, 4.69) is 10.1 Å². The van der Waals surface area contributed by atoms with Gasteiger partial charge in [-0.15, -0.1) is 0 Å². The van der Waals surface area contributed by atoms with Crippen LogP contribution in [-0.2, 0) is 11.3 Å². The Morgan fingerprint density at radius 1 is 1.03 bits per heavy atom. The molecule has 4 rings (SSSR count). The predicted molar refractivity (Wildman–Crippen MR) is 124 cm³/mol. The molecule has 0 N–H and O–H groups in total. The Morgan fingerprint density at radius 3 is 2.53 bits per heavy atom. The highest BCUT2D eigenvalue weighted by molar-refractivity contribution is 5.79. The van der Waals surface area contributed by atoms with Gasteiger partial charge in [-0.25, -0.2) is 0 Å². The first-order chi connectivity index (χ1) is 16.4. The van der Waals surface area contributed by atoms with Gasteiger partial charge in [0.1, 0.15) is 11.5 Å². The van der Waals surface area contributed by atoms with Gasteiger partial charge in [0.2, 0.25) is 17.6 Å². The molecule has 1 fully saturated rings. The van der Waals surface area contributed by atoms with Crippen molar-refractivity contribution in [2.24, 2.45) is 0 Å². The van der Waals surface area contributed by atoms with Crippen molar-refractivity contribution in [1.82, 2.24) is 15.0 Å². The molecule has 3 aromatic rings. The number of carbonyl (C=O) groups excluding carboxylic acids is 1. The van der Waals surface area contributed by atoms with Crippen molar-refractivity contribution in [3.8, 4) is 34.4 Å². The number of benzene rings is 2. The number of carbonyl (C=O) groups is 1. The third-order valence-electron chi connectivity index (χ3n) is 5.65. The fraction of sp³-hybridized carbons (Fsp3) is 0.400. The topological polar surface area (TPSA) is 96.2 Å². The minimum Gasteiger partial charge on any atom is -0.497 e. The smallest absolute Gasteiger partial charge is 0.232 e. The quantitative estimate of drug-likeness (QED) is 0.465. The van der Waals surface area contributed by atoms with Crippen LogP contribution >= 0.6 is 0 Å². The molecule has 1 aliphatic heterocycles. The van der Waals surface area contributed by atoms with Gasteiger partial charge in [-0.3, -0.25) is 4.79 Å². The first-order valence-electron chi connectivity index (χ1n) is 11.1. The van der Waals surface area contributed by atoms with E-state index in [1.165, 1.54) is 0 Å². The lowest BCUT2D eigenvalue weighted by Gasteiger charge is -2.18. The standard InChI is InChI=1S/C25H29N3O6/c1-15(2)33-20-9-7-16(10-22(20)32-5)24-26-25(34-27-24)18-11-23(29)28(14-18)13-17-6-8-19(30-3)12-21(17)31-4/h6-10,12,15,18H,11,13-14H2,1-5H3. The first kappa shape index (κ1) is 23.4. The fourth-order valence-corrected chi connectivity index (χ4v) is 3.95. The van der Waals surface area contributed by atoms with E-state index in [1.807, 2.05) is 50.2 Å². The van der Waals surface area contributed by atoms with Crippen LogP contribution in [0.25, 0.3) is 11.4 Å². The van der Waals surface area contributed by atoms with Crippen LogP contribution in [0, 0.1) is 0 Å². The number of ether oxygens (including phenoxy) is 4. The highest BCUT2D eigenvalue weighted by Crippen LogP contribution is 2.35. The number of hydrogen-bond acceptors (Lipinski definition) is 8. The molecule has 0 radical (unpaired) electrons. The second-order valence-corrected chi connectivity index (χ2v) is 8.34. The minimum atomic E-state index is -0.177. The molecule has 0 aliphatic carbocycles. The Kier molecular flexibility index (Phi) is 6.90. The van der Waals surface area contributed by atoms with Crippen molar-refractivity contribution >= 4 is 5.91 Å². The number of nitrogens with zero attached hydrogens (tertiary/aromatic N) is 3. The van der Waals surface area contributed by atoms with Gasteiger partial charge in [-0.05, 0) is 44.2 Å². The van der Waals surface area contributed by atoms with E-state index in [-0.39, 0.29) is 17.9 Å². The van der Waals surface area contributed by atoms with Gasteiger partial charge in [0.05, 0.1) is 33.4 Å². The van der Waals surface area contributed by atoms with Gasteiger partial charge in [0.15, 0.2) is 11.5 Å². The lowest BCUT2D eigenvalue weighted by Crippen LogP contribution is -2.24. The maximum atomic E-state index is 12.7. The highest BCUT2D eigenvalue weighted by Gasteiger charge is 2.34. The van der Waals surface area contributed by atoms with Crippen molar-refractivity contribution in [2.75, 3.05) is 27.9 Å². The van der Waals surface area contributed by atoms with Crippen LogP contribution in [0.5, 0.6) is 23.0 Å². The highest BCUT2D eigenvalue weighted by atomic mass is 16.5. The normalized spacial score (nSPS) is 15.6. The van der Waals surface area contributed by atoms with E-state index < -0.39 is 0 Å². The number of amides is 1. The zero-order valence-electron chi connectivity index (χ0n) is 20.0. The second-order valence-electron chi connectivity index (χ2n) is 8.34. The number of aromatic nitrogens is 2. The van der Waals surface area contributed by atoms with E-state index in [4.69, 9.17) is 23.5 Å². The molecule has 0 saturated carbocycles. The average molecular weight is 468 g/mol. The van der Waals surface area contributed by atoms with Crippen LogP contribution in [0.3, 0.4) is 0 Å². The second kappa shape index (κ2) is 10.0. The molecule has 1 aromatic heterocycles. The summed E-state index contributed by atoms with van der Waals surface area (Å²) in [5, 5.41) is 4.13. The summed E-state index contributed by atoms with van der Waals surface area (Å²) in [6.07, 6.45) is 0.335. The molecule has 1 unspecified atom stereocenters. The summed E-state index contributed by atoms with van der Waals surface area (Å²) >= 11 is 0. The predicted octanol–water partition coefficient (Wildman–Crippen LogP) is 4.07. The van der Waals surface area contributed by atoms with Crippen LogP contribution in [0.1, 0.15) is 37.6 Å². The first-order valence-corrected chi connectivity index (χ1v) is 11.1. The molecule has 1 amide bonds. The lowest BCUT2D eigenvalue weighted by molar-refractivity contribution is -0.128. The summed E-state index contributed by atoms with van der Waals surface area (Å²) in [7, 11) is 4.79. The van der Waals surface area contributed by atoms with Crippen LogP contribution in [-0.4, -0.2) is 54.9 Å². The van der Waals surface area contributed by atoms with Gasteiger partial charge in [-0.2, -0.15) is 4.98 Å². The Bertz CT molecular complexity index is 1160. The summed E-state index contributed by atoms with van der Waals surface area (Å²) in [6.45, 7) is 4.82. The molecule has 2 aromatic carbocycles. The molecule has 1 atom stereocenters. The minimum absolute atomic E-state index is 0.0252. The Balaban J connectivity index is 1.48. The summed E-state index contributed by atoms with van der Waals surface area (Å²) in [6, 6.07) is 11.1. The van der Waals surface area contributed by atoms with Crippen molar-refractivity contribution in [3.05, 3.63) is 47.9 Å². The van der Waals surface area contributed by atoms with Crippen molar-refractivity contribution in [3.63, 3.8) is 0 Å². The van der Waals surface area contributed by atoms with Crippen molar-refractivity contribution < 1.29 is 28.3 Å². The van der Waals surface area contributed by atoms with E-state index in [9.17, 15) is 4.79 Å². The van der Waals surface area contributed by atoms with E-state index in [0.29, 0.717) is 54.2 Å². The van der Waals surface area contributed by atoms with Gasteiger partial charge in [0.25, 0.3) is 0 Å². The molecule has 0 bridgehead atoms. The van der Waals surface area contributed by atoms with Gasteiger partial charge >= 0.3 is 0 Å². The van der Waals surface area contributed by atoms with Crippen LogP contribution in [0.4, 0.5) is 0 Å². The van der Waals surface area contributed by atoms with E-state index in [0.717, 1.165) is 11.1 Å². The fourth-order valence-electron chi connectivity index (χ4n) is 3.95. The maximum absolute atomic E-state index is 12.7. The molecule has 2 heterocycles. The van der Waals surface area contributed by atoms with Crippen LogP contribution < -0.4 is 18.9 Å². The average Bonchev–Trinajstić information content (AvgIpc) is 3.46. The maximum Gasteiger partial charge on any atom is 0.232 e. The monoisotopic (exact) mass is 467 g/mol. The van der Waals surface area contributed by atoms with Crippen LogP contribution in [0.15, 0.2) is 40.9 Å². The summed E-state index contributed by atoms with van der Waals surface area (Å²) in [4.78, 5) is 19.1. The molecule has 1 aliphatic rings. The molecular formula is C25H29N3O6. The third-order valence-corrected chi connectivity index (χ3v) is 5.65. The van der Waals surface area contributed by atoms with Gasteiger partial charge in [0, 0.05) is 36.7 Å². The van der Waals surface area contributed by atoms with Gasteiger partial charge < -0.3 is 28.4 Å². The third kappa shape index (κ3) is 4.93. The summed E-state index contributed by atoms with van der Waals surface area (Å²) < 4.78 is 27.5. The molecular weight excluding hydrogens is 438 g/mol. The number of methoxy groups -OCH3 is 3. The zero-order valence-corrected chi connectivity index (χ0v) is 20.0. The molecule has 9 heteroatoms. The summed E-state index contributed by atoms with van der Waals surface area (Å²) in [5.74, 6) is 3.34. The van der Waals surface area contributed by atoms with Crippen molar-refractivity contribution in [1.29, 1.82) is 0 Å². The van der Waals surface area contributed by atoms with Gasteiger partial charge in [-0.1, -0.05) is 5.16 Å². The summed E-state index contributed by atoms with van der Waals surface area (Å²) in [5.41, 5.74) is 1.64. The molecule has 9 nitrogen and oxygen atoms in total. The molecule has 180 valence electrons. The number of rotatable bonds is 9. The van der Waals surface area contributed by atoms with Crippen molar-refractivity contribution in [2.45, 2.75) is 38.8 Å². The molecule has 1 saturated heterocycles. The largest absolute Gasteiger partial charge is 0.497 e. The van der Waals surface area contributed by atoms with E-state index >= 15 is 0 Å². The number of hydrogen-bond donors (Lipinski definition) is 0. The Morgan fingerprint density at radius 2 is 1.82 bits per heavy atom. The molecule has 34 heavy (non-hydrogen) atoms. The SMILES string of the molecule is COc1ccc(CN2CC(c3nc(-c4ccc(OC(C)C)c(OC)c4)no3)CC2=O)c(OC)c1. The molecule has 0 spiro atoms. The Labute approximate surface area is 198 Å². The lowest BCUT2D eigenvalue weighted by atomic mass is 10.1. The van der Waals surface area contributed by atoms with Crippen LogP contribution in [0.2, 0.25) is 0 Å². The Hall–Kier alpha value is -3.75.